The zero-order chi connectivity index (χ0) is 12.9. The van der Waals surface area contributed by atoms with Crippen LogP contribution in [0, 0.1) is 6.92 Å². The molecule has 0 aliphatic carbocycles. The number of nitrogens with zero attached hydrogens (tertiary/aromatic N) is 2. The molecule has 0 fully saturated rings. The van der Waals surface area contributed by atoms with Crippen molar-refractivity contribution in [1.82, 2.24) is 9.97 Å². The SMILES string of the molecule is CCCCCC(C)(CC)c1nc(C)cnc1Cl. The van der Waals surface area contributed by atoms with Gasteiger partial charge in [-0.15, -0.1) is 0 Å². The number of hydrogen-bond acceptors (Lipinski definition) is 2. The van der Waals surface area contributed by atoms with Crippen LogP contribution in [0.4, 0.5) is 0 Å². The molecule has 96 valence electrons. The summed E-state index contributed by atoms with van der Waals surface area (Å²) in [5, 5.41) is 0.566. The summed E-state index contributed by atoms with van der Waals surface area (Å²) >= 11 is 6.20. The second-order valence-corrected chi connectivity index (χ2v) is 5.38. The van der Waals surface area contributed by atoms with Crippen LogP contribution >= 0.6 is 11.6 Å². The lowest BCUT2D eigenvalue weighted by Crippen LogP contribution is -2.24. The molecule has 1 heterocycles. The molecule has 1 rings (SSSR count). The lowest BCUT2D eigenvalue weighted by Gasteiger charge is -2.28. The second kappa shape index (κ2) is 6.34. The van der Waals surface area contributed by atoms with E-state index in [4.69, 9.17) is 11.6 Å². The van der Waals surface area contributed by atoms with Crippen molar-refractivity contribution in [3.05, 3.63) is 22.7 Å². The molecule has 0 amide bonds. The van der Waals surface area contributed by atoms with Gasteiger partial charge in [-0.25, -0.2) is 4.98 Å². The number of rotatable bonds is 6. The highest BCUT2D eigenvalue weighted by Gasteiger charge is 2.28. The highest BCUT2D eigenvalue weighted by Crippen LogP contribution is 2.35. The van der Waals surface area contributed by atoms with E-state index in [0.717, 1.165) is 24.2 Å². The number of halogens is 1. The number of unbranched alkanes of at least 4 members (excludes halogenated alkanes) is 2. The van der Waals surface area contributed by atoms with Crippen molar-refractivity contribution in [1.29, 1.82) is 0 Å². The van der Waals surface area contributed by atoms with Crippen molar-refractivity contribution in [2.75, 3.05) is 0 Å². The van der Waals surface area contributed by atoms with E-state index in [9.17, 15) is 0 Å². The van der Waals surface area contributed by atoms with Crippen molar-refractivity contribution in [3.8, 4) is 0 Å². The van der Waals surface area contributed by atoms with E-state index in [1.807, 2.05) is 6.92 Å². The van der Waals surface area contributed by atoms with Crippen LogP contribution in [-0.2, 0) is 5.41 Å². The fraction of sp³-hybridized carbons (Fsp3) is 0.714. The maximum absolute atomic E-state index is 6.20. The van der Waals surface area contributed by atoms with Crippen LogP contribution in [0.15, 0.2) is 6.20 Å². The molecule has 0 radical (unpaired) electrons. The van der Waals surface area contributed by atoms with E-state index in [1.165, 1.54) is 19.3 Å². The van der Waals surface area contributed by atoms with Crippen molar-refractivity contribution in [3.63, 3.8) is 0 Å². The summed E-state index contributed by atoms with van der Waals surface area (Å²) < 4.78 is 0. The molecule has 17 heavy (non-hydrogen) atoms. The van der Waals surface area contributed by atoms with Crippen LogP contribution in [0.5, 0.6) is 0 Å². The van der Waals surface area contributed by atoms with Gasteiger partial charge in [-0.05, 0) is 19.8 Å². The van der Waals surface area contributed by atoms with Gasteiger partial charge in [0.05, 0.1) is 11.4 Å². The molecular weight excluding hydrogens is 232 g/mol. The Hall–Kier alpha value is -0.630. The molecule has 2 nitrogen and oxygen atoms in total. The molecule has 0 spiro atoms. The summed E-state index contributed by atoms with van der Waals surface area (Å²) in [6, 6.07) is 0. The highest BCUT2D eigenvalue weighted by atomic mass is 35.5. The van der Waals surface area contributed by atoms with Gasteiger partial charge >= 0.3 is 0 Å². The normalized spacial score (nSPS) is 14.6. The van der Waals surface area contributed by atoms with Crippen molar-refractivity contribution in [2.45, 2.75) is 65.2 Å². The Labute approximate surface area is 110 Å². The average Bonchev–Trinajstić information content (AvgIpc) is 2.32. The van der Waals surface area contributed by atoms with Crippen molar-refractivity contribution < 1.29 is 0 Å². The maximum Gasteiger partial charge on any atom is 0.151 e. The average molecular weight is 255 g/mol. The van der Waals surface area contributed by atoms with Gasteiger partial charge in [0.15, 0.2) is 5.15 Å². The largest absolute Gasteiger partial charge is 0.253 e. The number of aromatic nitrogens is 2. The molecule has 1 aromatic heterocycles. The number of hydrogen-bond donors (Lipinski definition) is 0. The van der Waals surface area contributed by atoms with Crippen molar-refractivity contribution in [2.24, 2.45) is 0 Å². The Morgan fingerprint density at radius 1 is 1.29 bits per heavy atom. The molecule has 0 aliphatic heterocycles. The van der Waals surface area contributed by atoms with Gasteiger partial charge in [0.25, 0.3) is 0 Å². The Morgan fingerprint density at radius 2 is 2.00 bits per heavy atom. The molecule has 0 bridgehead atoms. The Balaban J connectivity index is 2.94. The Kier molecular flexibility index (Phi) is 5.38. The lowest BCUT2D eigenvalue weighted by molar-refractivity contribution is 0.386. The molecule has 3 heteroatoms. The summed E-state index contributed by atoms with van der Waals surface area (Å²) in [5.41, 5.74) is 1.97. The fourth-order valence-corrected chi connectivity index (χ4v) is 2.39. The standard InChI is InChI=1S/C14H23ClN2/c1-5-7-8-9-14(4,6-2)12-13(15)16-10-11(3)17-12/h10H,5-9H2,1-4H3. The topological polar surface area (TPSA) is 25.8 Å². The van der Waals surface area contributed by atoms with Gasteiger partial charge < -0.3 is 0 Å². The number of aryl methyl sites for hydroxylation is 1. The van der Waals surface area contributed by atoms with Crippen molar-refractivity contribution >= 4 is 11.6 Å². The molecule has 1 aromatic rings. The van der Waals surface area contributed by atoms with Gasteiger partial charge in [0.2, 0.25) is 0 Å². The monoisotopic (exact) mass is 254 g/mol. The minimum atomic E-state index is 0.0608. The van der Waals surface area contributed by atoms with E-state index in [2.05, 4.69) is 30.7 Å². The third-order valence-corrected chi connectivity index (χ3v) is 3.81. The summed E-state index contributed by atoms with van der Waals surface area (Å²) in [4.78, 5) is 8.82. The van der Waals surface area contributed by atoms with Crippen LogP contribution in [0.2, 0.25) is 5.15 Å². The second-order valence-electron chi connectivity index (χ2n) is 5.02. The van der Waals surface area contributed by atoms with Gasteiger partial charge in [0, 0.05) is 11.6 Å². The zero-order valence-corrected chi connectivity index (χ0v) is 12.1. The molecule has 0 aromatic carbocycles. The van der Waals surface area contributed by atoms with Gasteiger partial charge in [-0.1, -0.05) is 51.6 Å². The molecule has 1 atom stereocenters. The summed E-state index contributed by atoms with van der Waals surface area (Å²) in [6.45, 7) is 8.64. The summed E-state index contributed by atoms with van der Waals surface area (Å²) in [6.07, 6.45) is 7.66. The fourth-order valence-electron chi connectivity index (χ4n) is 2.07. The highest BCUT2D eigenvalue weighted by molar-refractivity contribution is 6.30. The smallest absolute Gasteiger partial charge is 0.151 e. The van der Waals surface area contributed by atoms with E-state index in [0.29, 0.717) is 5.15 Å². The molecule has 1 unspecified atom stereocenters. The molecular formula is C14H23ClN2. The minimum absolute atomic E-state index is 0.0608. The van der Waals surface area contributed by atoms with Crippen LogP contribution < -0.4 is 0 Å². The van der Waals surface area contributed by atoms with E-state index in [-0.39, 0.29) is 5.41 Å². The zero-order valence-electron chi connectivity index (χ0n) is 11.4. The minimum Gasteiger partial charge on any atom is -0.253 e. The summed E-state index contributed by atoms with van der Waals surface area (Å²) in [5.74, 6) is 0. The first-order valence-electron chi connectivity index (χ1n) is 6.53. The van der Waals surface area contributed by atoms with Crippen LogP contribution in [0.25, 0.3) is 0 Å². The van der Waals surface area contributed by atoms with Gasteiger partial charge in [0.1, 0.15) is 0 Å². The molecule has 0 N–H and O–H groups in total. The molecule has 0 saturated heterocycles. The quantitative estimate of drug-likeness (QED) is 0.689. The van der Waals surface area contributed by atoms with Crippen LogP contribution in [0.1, 0.15) is 64.3 Å². The first-order chi connectivity index (χ1) is 8.03. The third kappa shape index (κ3) is 3.67. The summed E-state index contributed by atoms with van der Waals surface area (Å²) in [7, 11) is 0. The third-order valence-electron chi connectivity index (χ3n) is 3.53. The van der Waals surface area contributed by atoms with Gasteiger partial charge in [-0.2, -0.15) is 0 Å². The van der Waals surface area contributed by atoms with E-state index in [1.54, 1.807) is 6.20 Å². The lowest BCUT2D eigenvalue weighted by atomic mass is 9.79. The first-order valence-corrected chi connectivity index (χ1v) is 6.91. The first kappa shape index (κ1) is 14.4. The van der Waals surface area contributed by atoms with E-state index >= 15 is 0 Å². The Morgan fingerprint density at radius 3 is 2.59 bits per heavy atom. The predicted octanol–water partition coefficient (Wildman–Crippen LogP) is 4.69. The van der Waals surface area contributed by atoms with Gasteiger partial charge in [-0.3, -0.25) is 4.98 Å². The van der Waals surface area contributed by atoms with E-state index < -0.39 is 0 Å². The molecule has 0 aliphatic rings. The van der Waals surface area contributed by atoms with Crippen LogP contribution in [0.3, 0.4) is 0 Å². The Bertz CT molecular complexity index is 365. The predicted molar refractivity (Wildman–Crippen MR) is 73.6 cm³/mol. The maximum atomic E-state index is 6.20. The molecule has 0 saturated carbocycles. The van der Waals surface area contributed by atoms with Crippen LogP contribution in [-0.4, -0.2) is 9.97 Å².